The maximum atomic E-state index is 13.1. The van der Waals surface area contributed by atoms with Gasteiger partial charge in [0, 0.05) is 19.7 Å². The lowest BCUT2D eigenvalue weighted by atomic mass is 10.0. The third-order valence-electron chi connectivity index (χ3n) is 5.27. The molecule has 1 fully saturated rings. The van der Waals surface area contributed by atoms with Crippen molar-refractivity contribution in [2.45, 2.75) is 38.4 Å². The van der Waals surface area contributed by atoms with Crippen molar-refractivity contribution in [3.63, 3.8) is 0 Å². The maximum Gasteiger partial charge on any atom is 0.337 e. The second-order valence-electron chi connectivity index (χ2n) is 6.86. The number of ether oxygens (including phenoxy) is 2. The first-order valence-corrected chi connectivity index (χ1v) is 9.07. The minimum absolute atomic E-state index is 0.0574. The first-order valence-electron chi connectivity index (χ1n) is 9.07. The van der Waals surface area contributed by atoms with E-state index < -0.39 is 5.97 Å². The molecule has 0 aliphatic carbocycles. The van der Waals surface area contributed by atoms with Gasteiger partial charge in [0.2, 0.25) is 0 Å². The highest BCUT2D eigenvalue weighted by atomic mass is 16.5. The van der Waals surface area contributed by atoms with Crippen LogP contribution < -0.4 is 5.69 Å². The van der Waals surface area contributed by atoms with Crippen molar-refractivity contribution in [2.24, 2.45) is 0 Å². The molecule has 1 aliphatic rings. The molecule has 0 radical (unpaired) electrons. The van der Waals surface area contributed by atoms with Gasteiger partial charge < -0.3 is 14.4 Å². The molecule has 7 heteroatoms. The van der Waals surface area contributed by atoms with Crippen LogP contribution in [-0.2, 0) is 22.6 Å². The van der Waals surface area contributed by atoms with Crippen molar-refractivity contribution in [3.8, 4) is 0 Å². The number of esters is 1. The number of benzene rings is 1. The highest BCUT2D eigenvalue weighted by Crippen LogP contribution is 2.21. The number of carbonyl (C=O) groups is 1. The molecule has 0 spiro atoms. The summed E-state index contributed by atoms with van der Waals surface area (Å²) in [6, 6.07) is 5.60. The summed E-state index contributed by atoms with van der Waals surface area (Å²) < 4.78 is 13.5. The minimum Gasteiger partial charge on any atom is -0.465 e. The Labute approximate surface area is 153 Å². The fraction of sp³-hybridized carbons (Fsp3) is 0.579. The number of likely N-dealkylation sites (N-methyl/N-ethyl adjacent to an activating group) is 1. The molecule has 2 heterocycles. The van der Waals surface area contributed by atoms with E-state index >= 15 is 0 Å². The molecule has 1 saturated heterocycles. The number of aromatic nitrogens is 2. The molecule has 1 aromatic heterocycles. The van der Waals surface area contributed by atoms with Crippen LogP contribution >= 0.6 is 0 Å². The number of methoxy groups -OCH3 is 2. The highest BCUT2D eigenvalue weighted by molar-refractivity contribution is 5.93. The Morgan fingerprint density at radius 1 is 1.19 bits per heavy atom. The summed E-state index contributed by atoms with van der Waals surface area (Å²) in [5.41, 5.74) is 1.99. The number of hydrogen-bond donors (Lipinski definition) is 0. The van der Waals surface area contributed by atoms with Crippen molar-refractivity contribution >= 4 is 17.0 Å². The number of likely N-dealkylation sites (tertiary alicyclic amines) is 1. The summed E-state index contributed by atoms with van der Waals surface area (Å²) in [5, 5.41) is 0. The van der Waals surface area contributed by atoms with E-state index in [9.17, 15) is 9.59 Å². The summed E-state index contributed by atoms with van der Waals surface area (Å²) in [4.78, 5) is 27.3. The Morgan fingerprint density at radius 3 is 2.69 bits per heavy atom. The Balaban J connectivity index is 2.07. The fourth-order valence-electron chi connectivity index (χ4n) is 3.73. The van der Waals surface area contributed by atoms with Gasteiger partial charge in [0.25, 0.3) is 0 Å². The minimum atomic E-state index is -0.398. The molecule has 0 N–H and O–H groups in total. The molecule has 142 valence electrons. The number of rotatable bonds is 6. The number of piperidine rings is 1. The molecule has 1 atom stereocenters. The van der Waals surface area contributed by atoms with Gasteiger partial charge in [-0.2, -0.15) is 0 Å². The zero-order valence-corrected chi connectivity index (χ0v) is 15.7. The lowest BCUT2D eigenvalue weighted by molar-refractivity contribution is 0.0601. The predicted octanol–water partition coefficient (Wildman–Crippen LogP) is 1.72. The van der Waals surface area contributed by atoms with Crippen LogP contribution in [0.4, 0.5) is 0 Å². The van der Waals surface area contributed by atoms with Crippen molar-refractivity contribution in [3.05, 3.63) is 34.2 Å². The first-order chi connectivity index (χ1) is 12.6. The number of imidazole rings is 1. The SMILES string of the molecule is COCCn1c(=O)n(C[C@@H]2CCCCN2C)c2cc(C(=O)OC)ccc21. The molecule has 2 aromatic rings. The van der Waals surface area contributed by atoms with Crippen LogP contribution in [0.25, 0.3) is 11.0 Å². The monoisotopic (exact) mass is 361 g/mol. The molecule has 0 unspecified atom stereocenters. The zero-order valence-electron chi connectivity index (χ0n) is 15.7. The number of fused-ring (bicyclic) bond motifs is 1. The van der Waals surface area contributed by atoms with E-state index in [1.807, 2.05) is 6.07 Å². The van der Waals surface area contributed by atoms with Gasteiger partial charge in [0.1, 0.15) is 0 Å². The lowest BCUT2D eigenvalue weighted by Crippen LogP contribution is -2.41. The van der Waals surface area contributed by atoms with Gasteiger partial charge in [-0.1, -0.05) is 6.42 Å². The fourth-order valence-corrected chi connectivity index (χ4v) is 3.73. The van der Waals surface area contributed by atoms with Gasteiger partial charge in [-0.25, -0.2) is 9.59 Å². The van der Waals surface area contributed by atoms with Gasteiger partial charge in [0.05, 0.1) is 36.9 Å². The van der Waals surface area contributed by atoms with Gasteiger partial charge in [-0.05, 0) is 44.6 Å². The number of hydrogen-bond acceptors (Lipinski definition) is 5. The maximum absolute atomic E-state index is 13.1. The highest BCUT2D eigenvalue weighted by Gasteiger charge is 2.23. The predicted molar refractivity (Wildman–Crippen MR) is 99.7 cm³/mol. The summed E-state index contributed by atoms with van der Waals surface area (Å²) in [7, 11) is 5.09. The topological polar surface area (TPSA) is 65.7 Å². The van der Waals surface area contributed by atoms with Crippen LogP contribution in [-0.4, -0.2) is 60.5 Å². The second-order valence-corrected chi connectivity index (χ2v) is 6.86. The summed E-state index contributed by atoms with van der Waals surface area (Å²) in [5.74, 6) is -0.398. The standard InChI is InChI=1S/C19H27N3O4/c1-20-9-5-4-6-15(20)13-22-17-12-14(18(23)26-3)7-8-16(17)21(19(22)24)10-11-25-2/h7-8,12,15H,4-6,9-11,13H2,1-3H3/t15-/m0/s1. The molecular formula is C19H27N3O4. The smallest absolute Gasteiger partial charge is 0.337 e. The molecule has 0 bridgehead atoms. The van der Waals surface area contributed by atoms with E-state index in [0.717, 1.165) is 24.0 Å². The number of carbonyl (C=O) groups excluding carboxylic acids is 1. The Kier molecular flexibility index (Phi) is 5.78. The molecule has 0 saturated carbocycles. The van der Waals surface area contributed by atoms with Crippen molar-refractivity contribution in [1.29, 1.82) is 0 Å². The van der Waals surface area contributed by atoms with Crippen LogP contribution in [0.3, 0.4) is 0 Å². The Hall–Kier alpha value is -2.12. The summed E-state index contributed by atoms with van der Waals surface area (Å²) >= 11 is 0. The van der Waals surface area contributed by atoms with Gasteiger partial charge in [0.15, 0.2) is 0 Å². The van der Waals surface area contributed by atoms with E-state index in [2.05, 4.69) is 11.9 Å². The molecule has 1 aliphatic heterocycles. The largest absolute Gasteiger partial charge is 0.465 e. The van der Waals surface area contributed by atoms with E-state index in [0.29, 0.717) is 31.3 Å². The van der Waals surface area contributed by atoms with Crippen LogP contribution in [0.1, 0.15) is 29.6 Å². The van der Waals surface area contributed by atoms with E-state index in [1.54, 1.807) is 28.4 Å². The summed E-state index contributed by atoms with van der Waals surface area (Å²) in [6.07, 6.45) is 3.45. The third kappa shape index (κ3) is 3.54. The summed E-state index contributed by atoms with van der Waals surface area (Å²) in [6.45, 7) is 2.61. The zero-order chi connectivity index (χ0) is 18.7. The van der Waals surface area contributed by atoms with E-state index in [-0.39, 0.29) is 5.69 Å². The van der Waals surface area contributed by atoms with Gasteiger partial charge in [-0.3, -0.25) is 9.13 Å². The van der Waals surface area contributed by atoms with Crippen molar-refractivity contribution in [1.82, 2.24) is 14.0 Å². The van der Waals surface area contributed by atoms with Crippen LogP contribution in [0.15, 0.2) is 23.0 Å². The Morgan fingerprint density at radius 2 is 2.00 bits per heavy atom. The van der Waals surface area contributed by atoms with Crippen LogP contribution in [0.5, 0.6) is 0 Å². The normalized spacial score (nSPS) is 18.3. The van der Waals surface area contributed by atoms with Crippen molar-refractivity contribution in [2.75, 3.05) is 34.4 Å². The van der Waals surface area contributed by atoms with Crippen LogP contribution in [0.2, 0.25) is 0 Å². The van der Waals surface area contributed by atoms with Crippen LogP contribution in [0, 0.1) is 0 Å². The third-order valence-corrected chi connectivity index (χ3v) is 5.27. The van der Waals surface area contributed by atoms with Crippen molar-refractivity contribution < 1.29 is 14.3 Å². The number of nitrogens with zero attached hydrogens (tertiary/aromatic N) is 3. The quantitative estimate of drug-likeness (QED) is 0.733. The molecule has 3 rings (SSSR count). The van der Waals surface area contributed by atoms with Gasteiger partial charge in [-0.15, -0.1) is 0 Å². The Bertz CT molecular complexity index is 839. The van der Waals surface area contributed by atoms with Gasteiger partial charge >= 0.3 is 11.7 Å². The molecule has 1 aromatic carbocycles. The second kappa shape index (κ2) is 8.05. The first kappa shape index (κ1) is 18.7. The van der Waals surface area contributed by atoms with E-state index in [1.165, 1.54) is 20.0 Å². The lowest BCUT2D eigenvalue weighted by Gasteiger charge is -2.32. The average Bonchev–Trinajstić information content (AvgIpc) is 2.92. The van der Waals surface area contributed by atoms with E-state index in [4.69, 9.17) is 9.47 Å². The molecular weight excluding hydrogens is 334 g/mol. The average molecular weight is 361 g/mol. The molecule has 7 nitrogen and oxygen atoms in total. The molecule has 26 heavy (non-hydrogen) atoms. The molecule has 0 amide bonds.